The van der Waals surface area contributed by atoms with Gasteiger partial charge in [-0.05, 0) is 43.4 Å². The molecule has 2 aromatic rings. The van der Waals surface area contributed by atoms with Gasteiger partial charge in [-0.1, -0.05) is 6.07 Å². The van der Waals surface area contributed by atoms with Crippen LogP contribution >= 0.6 is 0 Å². The lowest BCUT2D eigenvalue weighted by Crippen LogP contribution is -2.38. The highest BCUT2D eigenvalue weighted by Crippen LogP contribution is 2.23. The highest BCUT2D eigenvalue weighted by molar-refractivity contribution is 5.49. The second-order valence-corrected chi connectivity index (χ2v) is 7.62. The summed E-state index contributed by atoms with van der Waals surface area (Å²) in [5.41, 5.74) is 0.982. The maximum atomic E-state index is 13.9. The minimum Gasteiger partial charge on any atom is -0.494 e. The van der Waals surface area contributed by atoms with Gasteiger partial charge >= 0.3 is 0 Å². The van der Waals surface area contributed by atoms with E-state index >= 15 is 0 Å². The SMILES string of the molecule is COc1ccc(CN2CCC(Nc3cc(N4CCCC4)ncn3)CC2)cc1F. The van der Waals surface area contributed by atoms with E-state index in [-0.39, 0.29) is 5.82 Å². The molecule has 2 aliphatic rings. The number of hydrogen-bond acceptors (Lipinski definition) is 6. The molecule has 2 fully saturated rings. The van der Waals surface area contributed by atoms with Gasteiger partial charge in [0.25, 0.3) is 0 Å². The standard InChI is InChI=1S/C21H28FN5O/c1-28-19-5-4-16(12-18(19)22)14-26-10-6-17(7-11-26)25-20-13-21(24-15-23-20)27-8-2-3-9-27/h4-5,12-13,15,17H,2-3,6-11,14H2,1H3,(H,23,24,25). The molecule has 0 unspecified atom stereocenters. The zero-order valence-electron chi connectivity index (χ0n) is 16.4. The second kappa shape index (κ2) is 8.73. The number of aromatic nitrogens is 2. The molecule has 4 rings (SSSR count). The number of nitrogens with one attached hydrogen (secondary N) is 1. The van der Waals surface area contributed by atoms with Gasteiger partial charge in [0.1, 0.15) is 18.0 Å². The summed E-state index contributed by atoms with van der Waals surface area (Å²) in [6, 6.07) is 7.69. The Bertz CT molecular complexity index is 788. The van der Waals surface area contributed by atoms with Crippen molar-refractivity contribution < 1.29 is 9.13 Å². The Balaban J connectivity index is 1.28. The van der Waals surface area contributed by atoms with Crippen molar-refractivity contribution in [2.75, 3.05) is 43.5 Å². The van der Waals surface area contributed by atoms with Crippen LogP contribution in [0.15, 0.2) is 30.6 Å². The molecular weight excluding hydrogens is 357 g/mol. The van der Waals surface area contributed by atoms with Crippen LogP contribution in [0.1, 0.15) is 31.2 Å². The number of anilines is 2. The first-order valence-electron chi connectivity index (χ1n) is 10.1. The zero-order valence-corrected chi connectivity index (χ0v) is 16.4. The average molecular weight is 385 g/mol. The van der Waals surface area contributed by atoms with Crippen LogP contribution in [0.4, 0.5) is 16.0 Å². The Morgan fingerprint density at radius 2 is 1.89 bits per heavy atom. The van der Waals surface area contributed by atoms with E-state index in [1.807, 2.05) is 6.07 Å². The molecule has 0 atom stereocenters. The molecule has 0 spiro atoms. The van der Waals surface area contributed by atoms with Crippen LogP contribution in [0.5, 0.6) is 5.75 Å². The summed E-state index contributed by atoms with van der Waals surface area (Å²) in [7, 11) is 1.49. The monoisotopic (exact) mass is 385 g/mol. The first-order chi connectivity index (χ1) is 13.7. The third-order valence-corrected chi connectivity index (χ3v) is 5.64. The number of halogens is 1. The fourth-order valence-corrected chi connectivity index (χ4v) is 4.06. The topological polar surface area (TPSA) is 53.5 Å². The summed E-state index contributed by atoms with van der Waals surface area (Å²) in [5.74, 6) is 1.93. The van der Waals surface area contributed by atoms with Gasteiger partial charge in [-0.15, -0.1) is 0 Å². The fraction of sp³-hybridized carbons (Fsp3) is 0.524. The molecular formula is C21H28FN5O. The number of nitrogens with zero attached hydrogens (tertiary/aromatic N) is 4. The lowest BCUT2D eigenvalue weighted by molar-refractivity contribution is 0.211. The van der Waals surface area contributed by atoms with Gasteiger partial charge in [0.15, 0.2) is 11.6 Å². The Morgan fingerprint density at radius 3 is 2.61 bits per heavy atom. The summed E-state index contributed by atoms with van der Waals surface area (Å²) in [6.07, 6.45) is 6.22. The van der Waals surface area contributed by atoms with Crippen LogP contribution in [0.25, 0.3) is 0 Å². The lowest BCUT2D eigenvalue weighted by atomic mass is 10.0. The van der Waals surface area contributed by atoms with E-state index < -0.39 is 0 Å². The second-order valence-electron chi connectivity index (χ2n) is 7.62. The predicted molar refractivity (Wildman–Crippen MR) is 108 cm³/mol. The van der Waals surface area contributed by atoms with Crippen LogP contribution in [0.3, 0.4) is 0 Å². The molecule has 0 amide bonds. The normalized spacial score (nSPS) is 18.4. The number of hydrogen-bond donors (Lipinski definition) is 1. The minimum absolute atomic E-state index is 0.296. The van der Waals surface area contributed by atoms with Gasteiger partial charge in [-0.3, -0.25) is 4.90 Å². The average Bonchev–Trinajstić information content (AvgIpc) is 3.25. The smallest absolute Gasteiger partial charge is 0.165 e. The van der Waals surface area contributed by atoms with E-state index in [0.29, 0.717) is 11.8 Å². The van der Waals surface area contributed by atoms with Crippen molar-refractivity contribution in [2.45, 2.75) is 38.3 Å². The van der Waals surface area contributed by atoms with Gasteiger partial charge in [0.05, 0.1) is 7.11 Å². The molecule has 1 aromatic carbocycles. The molecule has 2 saturated heterocycles. The van der Waals surface area contributed by atoms with E-state index in [4.69, 9.17) is 4.74 Å². The number of likely N-dealkylation sites (tertiary alicyclic amines) is 1. The van der Waals surface area contributed by atoms with Crippen molar-refractivity contribution >= 4 is 11.6 Å². The molecule has 6 nitrogen and oxygen atoms in total. The maximum absolute atomic E-state index is 13.9. The highest BCUT2D eigenvalue weighted by Gasteiger charge is 2.21. The zero-order chi connectivity index (χ0) is 19.3. The van der Waals surface area contributed by atoms with E-state index in [1.165, 1.54) is 20.0 Å². The number of benzene rings is 1. The van der Waals surface area contributed by atoms with Gasteiger partial charge < -0.3 is 15.0 Å². The fourth-order valence-electron chi connectivity index (χ4n) is 4.06. The molecule has 3 heterocycles. The van der Waals surface area contributed by atoms with Crippen LogP contribution < -0.4 is 15.0 Å². The Labute approximate surface area is 165 Å². The molecule has 0 aliphatic carbocycles. The van der Waals surface area contributed by atoms with Crippen molar-refractivity contribution in [3.63, 3.8) is 0 Å². The first kappa shape index (κ1) is 18.9. The maximum Gasteiger partial charge on any atom is 0.165 e. The van der Waals surface area contributed by atoms with Crippen molar-refractivity contribution in [3.05, 3.63) is 42.0 Å². The van der Waals surface area contributed by atoms with Crippen molar-refractivity contribution in [3.8, 4) is 5.75 Å². The van der Waals surface area contributed by atoms with Crippen LogP contribution in [-0.2, 0) is 6.54 Å². The van der Waals surface area contributed by atoms with E-state index in [2.05, 4.69) is 31.2 Å². The molecule has 0 saturated carbocycles. The first-order valence-corrected chi connectivity index (χ1v) is 10.1. The largest absolute Gasteiger partial charge is 0.494 e. The van der Waals surface area contributed by atoms with Crippen LogP contribution in [0, 0.1) is 5.82 Å². The van der Waals surface area contributed by atoms with E-state index in [1.54, 1.807) is 18.5 Å². The summed E-state index contributed by atoms with van der Waals surface area (Å²) in [6.45, 7) is 4.90. The van der Waals surface area contributed by atoms with Gasteiger partial charge in [0, 0.05) is 44.8 Å². The Morgan fingerprint density at radius 1 is 1.11 bits per heavy atom. The van der Waals surface area contributed by atoms with Crippen LogP contribution in [0.2, 0.25) is 0 Å². The summed E-state index contributed by atoms with van der Waals surface area (Å²) < 4.78 is 18.9. The van der Waals surface area contributed by atoms with Crippen LogP contribution in [-0.4, -0.2) is 54.2 Å². The molecule has 2 aliphatic heterocycles. The third kappa shape index (κ3) is 4.52. The lowest BCUT2D eigenvalue weighted by Gasteiger charge is -2.32. The molecule has 1 N–H and O–H groups in total. The molecule has 0 bridgehead atoms. The summed E-state index contributed by atoms with van der Waals surface area (Å²) >= 11 is 0. The van der Waals surface area contributed by atoms with Crippen molar-refractivity contribution in [1.82, 2.24) is 14.9 Å². The molecule has 0 radical (unpaired) electrons. The summed E-state index contributed by atoms with van der Waals surface area (Å²) in [5, 5.41) is 3.57. The third-order valence-electron chi connectivity index (χ3n) is 5.64. The van der Waals surface area contributed by atoms with E-state index in [9.17, 15) is 4.39 Å². The number of piperidine rings is 1. The van der Waals surface area contributed by atoms with Crippen molar-refractivity contribution in [1.29, 1.82) is 0 Å². The van der Waals surface area contributed by atoms with Crippen molar-refractivity contribution in [2.24, 2.45) is 0 Å². The molecule has 150 valence electrons. The van der Waals surface area contributed by atoms with Gasteiger partial charge in [-0.25, -0.2) is 14.4 Å². The van der Waals surface area contributed by atoms with Gasteiger partial charge in [0.2, 0.25) is 0 Å². The number of ether oxygens (including phenoxy) is 1. The number of rotatable bonds is 6. The summed E-state index contributed by atoms with van der Waals surface area (Å²) in [4.78, 5) is 13.5. The minimum atomic E-state index is -0.297. The Kier molecular flexibility index (Phi) is 5.90. The quantitative estimate of drug-likeness (QED) is 0.823. The predicted octanol–water partition coefficient (Wildman–Crippen LogP) is 3.30. The molecule has 28 heavy (non-hydrogen) atoms. The Hall–Kier alpha value is -2.41. The number of methoxy groups -OCH3 is 1. The highest BCUT2D eigenvalue weighted by atomic mass is 19.1. The molecule has 1 aromatic heterocycles. The van der Waals surface area contributed by atoms with E-state index in [0.717, 1.165) is 62.8 Å². The van der Waals surface area contributed by atoms with Gasteiger partial charge in [-0.2, -0.15) is 0 Å². The molecule has 7 heteroatoms.